The van der Waals surface area contributed by atoms with Gasteiger partial charge in [0.05, 0.1) is 24.6 Å². The first-order valence-electron chi connectivity index (χ1n) is 7.74. The summed E-state index contributed by atoms with van der Waals surface area (Å²) in [5.41, 5.74) is 3.14. The summed E-state index contributed by atoms with van der Waals surface area (Å²) in [6.07, 6.45) is 7.67. The molecule has 0 radical (unpaired) electrons. The van der Waals surface area contributed by atoms with Gasteiger partial charge in [0.2, 0.25) is 0 Å². The van der Waals surface area contributed by atoms with Crippen LogP contribution >= 0.6 is 0 Å². The van der Waals surface area contributed by atoms with Gasteiger partial charge in [0, 0.05) is 5.69 Å². The summed E-state index contributed by atoms with van der Waals surface area (Å²) in [5.74, 6) is 0.270. The summed E-state index contributed by atoms with van der Waals surface area (Å²) in [6.45, 7) is 2.05. The number of rotatable bonds is 6. The zero-order valence-corrected chi connectivity index (χ0v) is 13.4. The second kappa shape index (κ2) is 7.46. The van der Waals surface area contributed by atoms with Crippen molar-refractivity contribution in [2.45, 2.75) is 6.92 Å². The largest absolute Gasteiger partial charge is 0.482 e. The van der Waals surface area contributed by atoms with E-state index in [4.69, 9.17) is 9.47 Å². The third-order valence-corrected chi connectivity index (χ3v) is 3.47. The first-order chi connectivity index (χ1) is 11.8. The fourth-order valence-electron chi connectivity index (χ4n) is 2.31. The van der Waals surface area contributed by atoms with Crippen LogP contribution in [0.3, 0.4) is 0 Å². The molecule has 0 fully saturated rings. The first kappa shape index (κ1) is 15.8. The molecule has 2 aromatic heterocycles. The highest BCUT2D eigenvalue weighted by atomic mass is 16.6. The smallest absolute Gasteiger partial charge is 0.344 e. The van der Waals surface area contributed by atoms with Crippen LogP contribution in [-0.4, -0.2) is 28.6 Å². The lowest BCUT2D eigenvalue weighted by atomic mass is 10.2. The molecule has 2 heterocycles. The number of nitrogens with zero attached hydrogens (tertiary/aromatic N) is 2. The maximum absolute atomic E-state index is 11.3. The van der Waals surface area contributed by atoms with E-state index in [1.807, 2.05) is 65.2 Å². The number of hydrogen-bond acceptors (Lipinski definition) is 4. The van der Waals surface area contributed by atoms with Crippen LogP contribution in [-0.2, 0) is 9.53 Å². The number of carbonyl (C=O) groups is 1. The fourth-order valence-corrected chi connectivity index (χ4v) is 2.31. The van der Waals surface area contributed by atoms with Crippen molar-refractivity contribution in [3.8, 4) is 5.75 Å². The number of esters is 1. The van der Waals surface area contributed by atoms with Crippen LogP contribution in [0.2, 0.25) is 0 Å². The van der Waals surface area contributed by atoms with Crippen molar-refractivity contribution in [1.82, 2.24) is 9.38 Å². The van der Waals surface area contributed by atoms with Crippen molar-refractivity contribution in [2.24, 2.45) is 0 Å². The Bertz CT molecular complexity index is 850. The Morgan fingerprint density at radius 2 is 2.00 bits per heavy atom. The molecule has 0 aliphatic rings. The Morgan fingerprint density at radius 3 is 2.79 bits per heavy atom. The van der Waals surface area contributed by atoms with Gasteiger partial charge in [0.15, 0.2) is 6.61 Å². The van der Waals surface area contributed by atoms with Gasteiger partial charge < -0.3 is 9.47 Å². The van der Waals surface area contributed by atoms with Crippen molar-refractivity contribution in [2.75, 3.05) is 13.2 Å². The molecule has 0 unspecified atom stereocenters. The Balaban J connectivity index is 1.65. The average molecular weight is 322 g/mol. The van der Waals surface area contributed by atoms with Crippen LogP contribution < -0.4 is 4.74 Å². The van der Waals surface area contributed by atoms with Gasteiger partial charge in [-0.15, -0.1) is 0 Å². The van der Waals surface area contributed by atoms with Crippen LogP contribution in [0.15, 0.2) is 55.0 Å². The molecule has 0 N–H and O–H groups in total. The quantitative estimate of drug-likeness (QED) is 0.652. The minimum Gasteiger partial charge on any atom is -0.482 e. The summed E-state index contributed by atoms with van der Waals surface area (Å²) >= 11 is 0. The van der Waals surface area contributed by atoms with E-state index in [-0.39, 0.29) is 12.6 Å². The lowest BCUT2D eigenvalue weighted by Gasteiger charge is -2.05. The average Bonchev–Trinajstić information content (AvgIpc) is 3.08. The molecule has 3 rings (SSSR count). The predicted molar refractivity (Wildman–Crippen MR) is 92.7 cm³/mol. The Morgan fingerprint density at radius 1 is 1.17 bits per heavy atom. The predicted octanol–water partition coefficient (Wildman–Crippen LogP) is 3.45. The molecule has 0 amide bonds. The van der Waals surface area contributed by atoms with Crippen LogP contribution in [0.4, 0.5) is 0 Å². The molecule has 0 saturated carbocycles. The standard InChI is InChI=1S/C19H18N2O3/c1-2-23-19(22)13-24-18-10-7-15(8-11-18)6-9-16-4-3-5-17-12-20-14-21(16)17/h3-12,14H,2,13H2,1H3/b9-6+. The van der Waals surface area contributed by atoms with Crippen molar-refractivity contribution in [3.63, 3.8) is 0 Å². The van der Waals surface area contributed by atoms with Gasteiger partial charge in [-0.05, 0) is 42.8 Å². The SMILES string of the molecule is CCOC(=O)COc1ccc(/C=C/c2cccc3cncn23)cc1. The molecule has 1 aromatic carbocycles. The van der Waals surface area contributed by atoms with Gasteiger partial charge in [-0.25, -0.2) is 9.78 Å². The molecular formula is C19H18N2O3. The van der Waals surface area contributed by atoms with E-state index >= 15 is 0 Å². The van der Waals surface area contributed by atoms with Crippen molar-refractivity contribution in [3.05, 3.63) is 66.2 Å². The van der Waals surface area contributed by atoms with Gasteiger partial charge in [-0.2, -0.15) is 0 Å². The van der Waals surface area contributed by atoms with Crippen molar-refractivity contribution in [1.29, 1.82) is 0 Å². The monoisotopic (exact) mass is 322 g/mol. The van der Waals surface area contributed by atoms with Gasteiger partial charge in [0.1, 0.15) is 5.75 Å². The minimum atomic E-state index is -0.366. The molecule has 0 spiro atoms. The first-order valence-corrected chi connectivity index (χ1v) is 7.74. The Kier molecular flexibility index (Phi) is 4.91. The number of aromatic nitrogens is 2. The molecule has 0 saturated heterocycles. The molecule has 0 atom stereocenters. The molecule has 3 aromatic rings. The number of fused-ring (bicyclic) bond motifs is 1. The number of pyridine rings is 1. The van der Waals surface area contributed by atoms with Crippen LogP contribution in [0.5, 0.6) is 5.75 Å². The Hall–Kier alpha value is -3.08. The third-order valence-electron chi connectivity index (χ3n) is 3.47. The topological polar surface area (TPSA) is 52.8 Å². The Labute approximate surface area is 140 Å². The number of benzene rings is 1. The molecule has 0 aliphatic heterocycles. The van der Waals surface area contributed by atoms with Crippen molar-refractivity contribution < 1.29 is 14.3 Å². The van der Waals surface area contributed by atoms with Gasteiger partial charge >= 0.3 is 5.97 Å². The van der Waals surface area contributed by atoms with E-state index in [2.05, 4.69) is 4.98 Å². The fraction of sp³-hybridized carbons (Fsp3) is 0.158. The summed E-state index contributed by atoms with van der Waals surface area (Å²) in [4.78, 5) is 15.4. The molecular weight excluding hydrogens is 304 g/mol. The van der Waals surface area contributed by atoms with E-state index in [0.717, 1.165) is 16.8 Å². The summed E-state index contributed by atoms with van der Waals surface area (Å²) < 4.78 is 12.2. The van der Waals surface area contributed by atoms with E-state index in [1.165, 1.54) is 0 Å². The second-order valence-electron chi connectivity index (χ2n) is 5.14. The number of hydrogen-bond donors (Lipinski definition) is 0. The van der Waals surface area contributed by atoms with Crippen molar-refractivity contribution >= 4 is 23.6 Å². The molecule has 0 bridgehead atoms. The zero-order valence-electron chi connectivity index (χ0n) is 13.4. The van der Waals surface area contributed by atoms with Crippen LogP contribution in [0.1, 0.15) is 18.2 Å². The molecule has 122 valence electrons. The number of imidazole rings is 1. The van der Waals surface area contributed by atoms with Gasteiger partial charge in [-0.3, -0.25) is 4.40 Å². The van der Waals surface area contributed by atoms with E-state index < -0.39 is 0 Å². The summed E-state index contributed by atoms with van der Waals surface area (Å²) in [5, 5.41) is 0. The van der Waals surface area contributed by atoms with E-state index in [9.17, 15) is 4.79 Å². The van der Waals surface area contributed by atoms with Crippen LogP contribution in [0.25, 0.3) is 17.7 Å². The maximum Gasteiger partial charge on any atom is 0.344 e. The van der Waals surface area contributed by atoms with Gasteiger partial charge in [0.25, 0.3) is 0 Å². The van der Waals surface area contributed by atoms with E-state index in [0.29, 0.717) is 12.4 Å². The number of carbonyl (C=O) groups excluding carboxylic acids is 1. The molecule has 0 aliphatic carbocycles. The van der Waals surface area contributed by atoms with Gasteiger partial charge in [-0.1, -0.05) is 24.3 Å². The highest BCUT2D eigenvalue weighted by molar-refractivity contribution is 5.71. The van der Waals surface area contributed by atoms with E-state index in [1.54, 1.807) is 13.3 Å². The summed E-state index contributed by atoms with van der Waals surface area (Å²) in [6, 6.07) is 13.6. The lowest BCUT2D eigenvalue weighted by molar-refractivity contribution is -0.145. The zero-order chi connectivity index (χ0) is 16.8. The highest BCUT2D eigenvalue weighted by Gasteiger charge is 2.02. The lowest BCUT2D eigenvalue weighted by Crippen LogP contribution is -2.14. The molecule has 24 heavy (non-hydrogen) atoms. The second-order valence-corrected chi connectivity index (χ2v) is 5.14. The maximum atomic E-state index is 11.3. The highest BCUT2D eigenvalue weighted by Crippen LogP contribution is 2.15. The normalized spacial score (nSPS) is 11.0. The molecule has 5 nitrogen and oxygen atoms in total. The minimum absolute atomic E-state index is 0.0777. The third kappa shape index (κ3) is 3.81. The number of ether oxygens (including phenoxy) is 2. The summed E-state index contributed by atoms with van der Waals surface area (Å²) in [7, 11) is 0. The van der Waals surface area contributed by atoms with Crippen LogP contribution in [0, 0.1) is 0 Å². The molecule has 5 heteroatoms.